The Morgan fingerprint density at radius 3 is 3.29 bits per heavy atom. The number of likely N-dealkylation sites (tertiary alicyclic amines) is 1. The van der Waals surface area contributed by atoms with E-state index in [1.54, 1.807) is 11.3 Å². The van der Waals surface area contributed by atoms with Gasteiger partial charge in [0.05, 0.1) is 10.7 Å². The maximum Gasteiger partial charge on any atom is 0.125 e. The molecule has 1 aromatic heterocycles. The molecule has 1 saturated heterocycles. The molecule has 17 heavy (non-hydrogen) atoms. The van der Waals surface area contributed by atoms with Crippen LogP contribution in [0.2, 0.25) is 0 Å². The monoisotopic (exact) mass is 252 g/mol. The lowest BCUT2D eigenvalue weighted by atomic mass is 9.95. The molecule has 94 valence electrons. The first-order chi connectivity index (χ1) is 8.31. The summed E-state index contributed by atoms with van der Waals surface area (Å²) in [5.74, 6) is 0.749. The summed E-state index contributed by atoms with van der Waals surface area (Å²) in [5, 5.41) is 3.22. The number of aldehydes is 1. The summed E-state index contributed by atoms with van der Waals surface area (Å²) < 4.78 is 0. The van der Waals surface area contributed by atoms with E-state index in [2.05, 4.69) is 16.8 Å². The van der Waals surface area contributed by atoms with E-state index in [1.807, 2.05) is 5.38 Å². The van der Waals surface area contributed by atoms with Gasteiger partial charge in [-0.3, -0.25) is 0 Å². The summed E-state index contributed by atoms with van der Waals surface area (Å²) in [4.78, 5) is 17.4. The molecule has 0 bridgehead atoms. The van der Waals surface area contributed by atoms with Crippen molar-refractivity contribution in [2.24, 2.45) is 5.92 Å². The van der Waals surface area contributed by atoms with Crippen LogP contribution in [0.1, 0.15) is 30.5 Å². The van der Waals surface area contributed by atoms with Crippen molar-refractivity contribution >= 4 is 17.6 Å². The second-order valence-electron chi connectivity index (χ2n) is 4.71. The Morgan fingerprint density at radius 1 is 1.65 bits per heavy atom. The predicted molar refractivity (Wildman–Crippen MR) is 70.4 cm³/mol. The van der Waals surface area contributed by atoms with Crippen LogP contribution in [0.3, 0.4) is 0 Å². The third-order valence-corrected chi connectivity index (χ3v) is 4.33. The van der Waals surface area contributed by atoms with Crippen LogP contribution in [-0.2, 0) is 17.6 Å². The molecule has 1 aliphatic rings. The van der Waals surface area contributed by atoms with E-state index in [4.69, 9.17) is 0 Å². The highest BCUT2D eigenvalue weighted by Gasteiger charge is 2.20. The second kappa shape index (κ2) is 6.26. The zero-order chi connectivity index (χ0) is 12.1. The van der Waals surface area contributed by atoms with E-state index in [0.717, 1.165) is 30.9 Å². The van der Waals surface area contributed by atoms with Crippen molar-refractivity contribution in [1.82, 2.24) is 9.88 Å². The van der Waals surface area contributed by atoms with Crippen molar-refractivity contribution in [3.05, 3.63) is 16.1 Å². The molecule has 1 atom stereocenters. The first-order valence-electron chi connectivity index (χ1n) is 6.41. The average molecular weight is 252 g/mol. The minimum absolute atomic E-state index is 0.461. The van der Waals surface area contributed by atoms with E-state index in [9.17, 15) is 4.79 Å². The molecule has 4 heteroatoms. The van der Waals surface area contributed by atoms with Crippen LogP contribution < -0.4 is 0 Å². The summed E-state index contributed by atoms with van der Waals surface area (Å²) in [6.07, 6.45) is 5.10. The Morgan fingerprint density at radius 2 is 2.53 bits per heavy atom. The number of piperidine rings is 1. The van der Waals surface area contributed by atoms with Gasteiger partial charge in [0, 0.05) is 24.8 Å². The van der Waals surface area contributed by atoms with Gasteiger partial charge < -0.3 is 9.69 Å². The van der Waals surface area contributed by atoms with E-state index >= 15 is 0 Å². The molecule has 0 saturated carbocycles. The minimum atomic E-state index is 0.461. The van der Waals surface area contributed by atoms with Gasteiger partial charge in [-0.25, -0.2) is 4.98 Å². The summed E-state index contributed by atoms with van der Waals surface area (Å²) in [6, 6.07) is 0. The number of hydrogen-bond donors (Lipinski definition) is 0. The molecule has 1 unspecified atom stereocenters. The first-order valence-corrected chi connectivity index (χ1v) is 7.29. The molecule has 0 aromatic carbocycles. The van der Waals surface area contributed by atoms with Crippen molar-refractivity contribution < 1.29 is 4.79 Å². The fourth-order valence-corrected chi connectivity index (χ4v) is 3.40. The third kappa shape index (κ3) is 3.61. The van der Waals surface area contributed by atoms with Crippen LogP contribution in [-0.4, -0.2) is 35.8 Å². The van der Waals surface area contributed by atoms with Crippen LogP contribution in [0, 0.1) is 5.92 Å². The molecule has 3 nitrogen and oxygen atoms in total. The van der Waals surface area contributed by atoms with Crippen molar-refractivity contribution in [2.75, 3.05) is 19.6 Å². The van der Waals surface area contributed by atoms with Crippen LogP contribution in [0.25, 0.3) is 0 Å². The van der Waals surface area contributed by atoms with Crippen molar-refractivity contribution in [2.45, 2.75) is 32.6 Å². The molecule has 0 amide bonds. The predicted octanol–water partition coefficient (Wildman–Crippen LogP) is 2.16. The fraction of sp³-hybridized carbons (Fsp3) is 0.692. The Bertz CT molecular complexity index is 364. The topological polar surface area (TPSA) is 33.2 Å². The van der Waals surface area contributed by atoms with Gasteiger partial charge in [0.1, 0.15) is 6.29 Å². The summed E-state index contributed by atoms with van der Waals surface area (Å²) in [7, 11) is 0. The molecule has 0 spiro atoms. The maximum atomic E-state index is 10.4. The molecular formula is C13H20N2OS. The third-order valence-electron chi connectivity index (χ3n) is 3.41. The van der Waals surface area contributed by atoms with Gasteiger partial charge in [0.25, 0.3) is 0 Å². The molecule has 2 rings (SSSR count). The number of hydrogen-bond acceptors (Lipinski definition) is 4. The lowest BCUT2D eigenvalue weighted by Crippen LogP contribution is -2.35. The zero-order valence-electron chi connectivity index (χ0n) is 10.4. The SMILES string of the molecule is CCN1CCCC(Cc2nc(CC=O)cs2)C1. The summed E-state index contributed by atoms with van der Waals surface area (Å²) >= 11 is 1.70. The summed E-state index contributed by atoms with van der Waals surface area (Å²) in [6.45, 7) is 5.85. The maximum absolute atomic E-state index is 10.4. The molecule has 1 aromatic rings. The highest BCUT2D eigenvalue weighted by atomic mass is 32.1. The van der Waals surface area contributed by atoms with Gasteiger partial charge >= 0.3 is 0 Å². The Labute approximate surface area is 107 Å². The number of aromatic nitrogens is 1. The van der Waals surface area contributed by atoms with E-state index in [0.29, 0.717) is 6.42 Å². The quantitative estimate of drug-likeness (QED) is 0.753. The van der Waals surface area contributed by atoms with Crippen LogP contribution in [0.15, 0.2) is 5.38 Å². The van der Waals surface area contributed by atoms with E-state index in [-0.39, 0.29) is 0 Å². The van der Waals surface area contributed by atoms with Crippen LogP contribution in [0.5, 0.6) is 0 Å². The van der Waals surface area contributed by atoms with Gasteiger partial charge in [0.2, 0.25) is 0 Å². The van der Waals surface area contributed by atoms with Crippen molar-refractivity contribution in [3.8, 4) is 0 Å². The largest absolute Gasteiger partial charge is 0.303 e. The first kappa shape index (κ1) is 12.7. The van der Waals surface area contributed by atoms with E-state index < -0.39 is 0 Å². The minimum Gasteiger partial charge on any atom is -0.303 e. The van der Waals surface area contributed by atoms with Crippen LogP contribution in [0.4, 0.5) is 0 Å². The highest BCUT2D eigenvalue weighted by molar-refractivity contribution is 7.09. The molecule has 1 fully saturated rings. The van der Waals surface area contributed by atoms with Gasteiger partial charge in [-0.1, -0.05) is 6.92 Å². The molecule has 0 aliphatic carbocycles. The molecule has 2 heterocycles. The molecule has 1 aliphatic heterocycles. The van der Waals surface area contributed by atoms with Gasteiger partial charge in [-0.05, 0) is 31.8 Å². The van der Waals surface area contributed by atoms with Crippen molar-refractivity contribution in [3.63, 3.8) is 0 Å². The summed E-state index contributed by atoms with van der Waals surface area (Å²) in [5.41, 5.74) is 0.933. The standard InChI is InChI=1S/C13H20N2OS/c1-2-15-6-3-4-11(9-15)8-13-14-12(5-7-16)10-17-13/h7,10-11H,2-6,8-9H2,1H3. The van der Waals surface area contributed by atoms with Gasteiger partial charge in [-0.2, -0.15) is 0 Å². The lowest BCUT2D eigenvalue weighted by molar-refractivity contribution is -0.107. The number of carbonyl (C=O) groups is 1. The highest BCUT2D eigenvalue weighted by Crippen LogP contribution is 2.22. The van der Waals surface area contributed by atoms with Gasteiger partial charge in [-0.15, -0.1) is 11.3 Å². The Kier molecular flexibility index (Phi) is 4.68. The fourth-order valence-electron chi connectivity index (χ4n) is 2.47. The zero-order valence-corrected chi connectivity index (χ0v) is 11.2. The Balaban J connectivity index is 1.88. The number of rotatable bonds is 5. The van der Waals surface area contributed by atoms with E-state index in [1.165, 1.54) is 30.9 Å². The Hall–Kier alpha value is -0.740. The van der Waals surface area contributed by atoms with Gasteiger partial charge in [0.15, 0.2) is 0 Å². The smallest absolute Gasteiger partial charge is 0.125 e. The molecule has 0 radical (unpaired) electrons. The molecule has 0 N–H and O–H groups in total. The number of thiazole rings is 1. The van der Waals surface area contributed by atoms with Crippen LogP contribution >= 0.6 is 11.3 Å². The normalized spacial score (nSPS) is 21.6. The number of carbonyl (C=O) groups excluding carboxylic acids is 1. The molecular weight excluding hydrogens is 232 g/mol. The second-order valence-corrected chi connectivity index (χ2v) is 5.65. The lowest BCUT2D eigenvalue weighted by Gasteiger charge is -2.31. The average Bonchev–Trinajstić information content (AvgIpc) is 2.77. The van der Waals surface area contributed by atoms with Crippen molar-refractivity contribution in [1.29, 1.82) is 0 Å². The number of nitrogens with zero attached hydrogens (tertiary/aromatic N) is 2.